The van der Waals surface area contributed by atoms with Crippen LogP contribution in [0.25, 0.3) is 0 Å². The lowest BCUT2D eigenvalue weighted by molar-refractivity contribution is -0.129. The molecule has 0 saturated heterocycles. The van der Waals surface area contributed by atoms with E-state index in [-0.39, 0.29) is 5.91 Å². The predicted octanol–water partition coefficient (Wildman–Crippen LogP) is -0.778. The summed E-state index contributed by atoms with van der Waals surface area (Å²) in [5, 5.41) is 11.8. The van der Waals surface area contributed by atoms with Crippen LogP contribution < -0.4 is 11.1 Å². The zero-order valence-electron chi connectivity index (χ0n) is 7.12. The molecule has 70 valence electrons. The molecule has 1 aliphatic carbocycles. The van der Waals surface area contributed by atoms with Gasteiger partial charge in [0, 0.05) is 6.54 Å². The molecule has 1 aliphatic rings. The normalized spacial score (nSPS) is 18.8. The van der Waals surface area contributed by atoms with Crippen molar-refractivity contribution < 1.29 is 9.90 Å². The molecule has 1 rings (SSSR count). The molecular formula is C8H16N2O2. The fourth-order valence-electron chi connectivity index (χ4n) is 0.974. The summed E-state index contributed by atoms with van der Waals surface area (Å²) in [4.78, 5) is 11.0. The van der Waals surface area contributed by atoms with Crippen LogP contribution in [0.15, 0.2) is 0 Å². The second-order valence-electron chi connectivity index (χ2n) is 3.28. The summed E-state index contributed by atoms with van der Waals surface area (Å²) in [6.07, 6.45) is 1.82. The number of rotatable bonds is 5. The van der Waals surface area contributed by atoms with Gasteiger partial charge in [0.25, 0.3) is 0 Å². The van der Waals surface area contributed by atoms with Gasteiger partial charge < -0.3 is 16.2 Å². The molecule has 1 amide bonds. The van der Waals surface area contributed by atoms with Crippen LogP contribution in [0.2, 0.25) is 0 Å². The van der Waals surface area contributed by atoms with E-state index in [1.807, 2.05) is 0 Å². The number of aliphatic hydroxyl groups excluding tert-OH is 1. The maximum Gasteiger partial charge on any atom is 0.248 e. The highest BCUT2D eigenvalue weighted by molar-refractivity contribution is 5.80. The standard InChI is InChI=1S/C8H16N2O2/c9-4-3-7(11)8(12)10-5-6-1-2-6/h6-7,11H,1-5,9H2,(H,10,12). The number of carbonyl (C=O) groups excluding carboxylic acids is 1. The van der Waals surface area contributed by atoms with E-state index in [2.05, 4.69) is 5.32 Å². The minimum Gasteiger partial charge on any atom is -0.383 e. The van der Waals surface area contributed by atoms with Crippen LogP contribution in [0.5, 0.6) is 0 Å². The van der Waals surface area contributed by atoms with Crippen molar-refractivity contribution in [3.8, 4) is 0 Å². The lowest BCUT2D eigenvalue weighted by atomic mass is 10.2. The Morgan fingerprint density at radius 1 is 1.67 bits per heavy atom. The first-order chi connectivity index (χ1) is 5.74. The molecule has 0 aliphatic heterocycles. The van der Waals surface area contributed by atoms with Crippen molar-refractivity contribution in [3.05, 3.63) is 0 Å². The molecule has 0 radical (unpaired) electrons. The lowest BCUT2D eigenvalue weighted by Gasteiger charge is -2.09. The quantitative estimate of drug-likeness (QED) is 0.509. The summed E-state index contributed by atoms with van der Waals surface area (Å²) in [6.45, 7) is 1.05. The maximum atomic E-state index is 11.0. The number of hydrogen-bond donors (Lipinski definition) is 3. The van der Waals surface area contributed by atoms with Gasteiger partial charge in [-0.1, -0.05) is 0 Å². The van der Waals surface area contributed by atoms with E-state index in [4.69, 9.17) is 10.8 Å². The van der Waals surface area contributed by atoms with Gasteiger partial charge in [-0.3, -0.25) is 4.79 Å². The molecule has 0 aromatic rings. The van der Waals surface area contributed by atoms with Crippen molar-refractivity contribution in [2.75, 3.05) is 13.1 Å². The van der Waals surface area contributed by atoms with Crippen molar-refractivity contribution >= 4 is 5.91 Å². The maximum absolute atomic E-state index is 11.0. The number of aliphatic hydroxyl groups is 1. The molecule has 0 spiro atoms. The van der Waals surface area contributed by atoms with Gasteiger partial charge in [0.05, 0.1) is 0 Å². The van der Waals surface area contributed by atoms with E-state index in [1.54, 1.807) is 0 Å². The first kappa shape index (κ1) is 9.48. The molecule has 0 bridgehead atoms. The Hall–Kier alpha value is -0.610. The smallest absolute Gasteiger partial charge is 0.248 e. The molecular weight excluding hydrogens is 156 g/mol. The summed E-state index contributed by atoms with van der Waals surface area (Å²) >= 11 is 0. The second kappa shape index (κ2) is 4.42. The number of nitrogens with one attached hydrogen (secondary N) is 1. The van der Waals surface area contributed by atoms with Crippen LogP contribution >= 0.6 is 0 Å². The summed E-state index contributed by atoms with van der Waals surface area (Å²) in [6, 6.07) is 0. The molecule has 1 fully saturated rings. The molecule has 0 aromatic heterocycles. The average Bonchev–Trinajstić information content (AvgIpc) is 2.83. The molecule has 0 aromatic carbocycles. The third-order valence-electron chi connectivity index (χ3n) is 2.00. The number of nitrogens with two attached hydrogens (primary N) is 1. The molecule has 1 atom stereocenters. The lowest BCUT2D eigenvalue weighted by Crippen LogP contribution is -2.36. The molecule has 4 heteroatoms. The molecule has 1 unspecified atom stereocenters. The molecule has 1 saturated carbocycles. The Bertz CT molecular complexity index is 157. The van der Waals surface area contributed by atoms with Crippen molar-refractivity contribution in [2.24, 2.45) is 11.7 Å². The van der Waals surface area contributed by atoms with Gasteiger partial charge >= 0.3 is 0 Å². The topological polar surface area (TPSA) is 75.3 Å². The van der Waals surface area contributed by atoms with Crippen LogP contribution in [-0.4, -0.2) is 30.2 Å². The third-order valence-corrected chi connectivity index (χ3v) is 2.00. The van der Waals surface area contributed by atoms with Crippen LogP contribution in [-0.2, 0) is 4.79 Å². The number of carbonyl (C=O) groups is 1. The Balaban J connectivity index is 2.07. The highest BCUT2D eigenvalue weighted by Crippen LogP contribution is 2.27. The van der Waals surface area contributed by atoms with Crippen LogP contribution in [0.4, 0.5) is 0 Å². The van der Waals surface area contributed by atoms with E-state index >= 15 is 0 Å². The Labute approximate surface area is 72.1 Å². The van der Waals surface area contributed by atoms with Gasteiger partial charge in [-0.15, -0.1) is 0 Å². The van der Waals surface area contributed by atoms with Gasteiger partial charge in [0.2, 0.25) is 5.91 Å². The van der Waals surface area contributed by atoms with E-state index in [9.17, 15) is 4.79 Å². The highest BCUT2D eigenvalue weighted by Gasteiger charge is 2.23. The molecule has 4 nitrogen and oxygen atoms in total. The number of hydrogen-bond acceptors (Lipinski definition) is 3. The van der Waals surface area contributed by atoms with Crippen molar-refractivity contribution in [2.45, 2.75) is 25.4 Å². The first-order valence-corrected chi connectivity index (χ1v) is 4.40. The van der Waals surface area contributed by atoms with Crippen molar-refractivity contribution in [1.82, 2.24) is 5.32 Å². The third kappa shape index (κ3) is 3.19. The highest BCUT2D eigenvalue weighted by atomic mass is 16.3. The molecule has 0 heterocycles. The predicted molar refractivity (Wildman–Crippen MR) is 45.4 cm³/mol. The molecule has 12 heavy (non-hydrogen) atoms. The monoisotopic (exact) mass is 172 g/mol. The Morgan fingerprint density at radius 2 is 2.33 bits per heavy atom. The number of amides is 1. The van der Waals surface area contributed by atoms with Crippen LogP contribution in [0.1, 0.15) is 19.3 Å². The van der Waals surface area contributed by atoms with Gasteiger partial charge in [0.15, 0.2) is 0 Å². The van der Waals surface area contributed by atoms with E-state index in [1.165, 1.54) is 12.8 Å². The van der Waals surface area contributed by atoms with Crippen LogP contribution in [0, 0.1) is 5.92 Å². The van der Waals surface area contributed by atoms with E-state index < -0.39 is 6.10 Å². The van der Waals surface area contributed by atoms with Gasteiger partial charge in [-0.25, -0.2) is 0 Å². The summed E-state index contributed by atoms with van der Waals surface area (Å²) in [5.41, 5.74) is 5.20. The summed E-state index contributed by atoms with van der Waals surface area (Å²) < 4.78 is 0. The minimum absolute atomic E-state index is 0.285. The zero-order chi connectivity index (χ0) is 8.97. The largest absolute Gasteiger partial charge is 0.383 e. The van der Waals surface area contributed by atoms with Crippen molar-refractivity contribution in [1.29, 1.82) is 0 Å². The minimum atomic E-state index is -0.922. The molecule has 4 N–H and O–H groups in total. The summed E-state index contributed by atoms with van der Waals surface area (Å²) in [5.74, 6) is 0.367. The van der Waals surface area contributed by atoms with Gasteiger partial charge in [-0.2, -0.15) is 0 Å². The van der Waals surface area contributed by atoms with Gasteiger partial charge in [0.1, 0.15) is 6.10 Å². The fourth-order valence-corrected chi connectivity index (χ4v) is 0.974. The Kier molecular flexibility index (Phi) is 3.49. The average molecular weight is 172 g/mol. The van der Waals surface area contributed by atoms with Crippen molar-refractivity contribution in [3.63, 3.8) is 0 Å². The van der Waals surface area contributed by atoms with E-state index in [0.29, 0.717) is 25.4 Å². The zero-order valence-corrected chi connectivity index (χ0v) is 7.12. The fraction of sp³-hybridized carbons (Fsp3) is 0.875. The SMILES string of the molecule is NCCC(O)C(=O)NCC1CC1. The first-order valence-electron chi connectivity index (χ1n) is 4.40. The van der Waals surface area contributed by atoms with E-state index in [0.717, 1.165) is 0 Å². The summed E-state index contributed by atoms with van der Waals surface area (Å²) in [7, 11) is 0. The van der Waals surface area contributed by atoms with Gasteiger partial charge in [-0.05, 0) is 31.7 Å². The van der Waals surface area contributed by atoms with Crippen LogP contribution in [0.3, 0.4) is 0 Å². The second-order valence-corrected chi connectivity index (χ2v) is 3.28. The Morgan fingerprint density at radius 3 is 2.83 bits per heavy atom.